The number of halogens is 1. The smallest absolute Gasteiger partial charge is 0.358 e. The maximum absolute atomic E-state index is 10.9. The van der Waals surface area contributed by atoms with Gasteiger partial charge in [0.1, 0.15) is 6.07 Å². The number of esters is 1. The van der Waals surface area contributed by atoms with E-state index < -0.39 is 5.97 Å². The Morgan fingerprint density at radius 2 is 2.67 bits per heavy atom. The molecule has 4 nitrogen and oxygen atoms in total. The van der Waals surface area contributed by atoms with Crippen LogP contribution in [-0.2, 0) is 4.74 Å². The lowest BCUT2D eigenvalue weighted by atomic mass is 10.5. The molecule has 1 heterocycles. The minimum Gasteiger partial charge on any atom is -0.446 e. The van der Waals surface area contributed by atoms with Crippen molar-refractivity contribution in [2.75, 3.05) is 6.61 Å². The fraction of sp³-hybridized carbons (Fsp3) is 0.167. The average molecular weight is 203 g/mol. The van der Waals surface area contributed by atoms with Crippen LogP contribution in [-0.4, -0.2) is 17.6 Å². The van der Waals surface area contributed by atoms with E-state index in [1.807, 2.05) is 0 Å². The normalized spacial score (nSPS) is 9.00. The molecule has 0 bridgehead atoms. The second-order valence-electron chi connectivity index (χ2n) is 1.72. The van der Waals surface area contributed by atoms with Gasteiger partial charge < -0.3 is 4.74 Å². The summed E-state index contributed by atoms with van der Waals surface area (Å²) in [5.74, 6) is -0.625. The van der Waals surface area contributed by atoms with Gasteiger partial charge in [0, 0.05) is 5.38 Å². The van der Waals surface area contributed by atoms with Gasteiger partial charge in [0.2, 0.25) is 0 Å². The highest BCUT2D eigenvalue weighted by Gasteiger charge is 2.10. The van der Waals surface area contributed by atoms with E-state index in [1.165, 1.54) is 5.38 Å². The van der Waals surface area contributed by atoms with Crippen molar-refractivity contribution in [2.24, 2.45) is 0 Å². The van der Waals surface area contributed by atoms with Crippen molar-refractivity contribution in [3.05, 3.63) is 15.5 Å². The van der Waals surface area contributed by atoms with Crippen LogP contribution in [0.2, 0.25) is 4.47 Å². The Hall–Kier alpha value is -1.12. The molecule has 0 fully saturated rings. The zero-order valence-corrected chi connectivity index (χ0v) is 7.35. The van der Waals surface area contributed by atoms with E-state index in [0.29, 0.717) is 0 Å². The largest absolute Gasteiger partial charge is 0.446 e. The van der Waals surface area contributed by atoms with Crippen LogP contribution in [0.3, 0.4) is 0 Å². The molecule has 0 amide bonds. The van der Waals surface area contributed by atoms with Gasteiger partial charge in [0.25, 0.3) is 0 Å². The number of carbonyl (C=O) groups is 1. The number of aromatic nitrogens is 1. The van der Waals surface area contributed by atoms with Gasteiger partial charge in [-0.25, -0.2) is 9.78 Å². The van der Waals surface area contributed by atoms with Crippen molar-refractivity contribution in [1.29, 1.82) is 5.26 Å². The molecule has 0 aromatic carbocycles. The fourth-order valence-corrected chi connectivity index (χ4v) is 1.25. The molecule has 0 N–H and O–H groups in total. The number of nitrogens with zero attached hydrogens (tertiary/aromatic N) is 2. The molecule has 0 saturated heterocycles. The van der Waals surface area contributed by atoms with E-state index in [9.17, 15) is 4.79 Å². The van der Waals surface area contributed by atoms with Gasteiger partial charge in [-0.2, -0.15) is 5.26 Å². The molecular formula is C6H3ClN2O2S. The molecule has 0 aliphatic heterocycles. The van der Waals surface area contributed by atoms with Crippen LogP contribution in [0.15, 0.2) is 5.38 Å². The zero-order chi connectivity index (χ0) is 8.97. The van der Waals surface area contributed by atoms with Crippen LogP contribution in [0.1, 0.15) is 10.5 Å². The lowest BCUT2D eigenvalue weighted by Crippen LogP contribution is -2.05. The third-order valence-electron chi connectivity index (χ3n) is 0.953. The Labute approximate surface area is 77.4 Å². The number of rotatable bonds is 2. The number of carbonyl (C=O) groups excluding carboxylic acids is 1. The molecule has 0 unspecified atom stereocenters. The molecular weight excluding hydrogens is 200 g/mol. The minimum absolute atomic E-state index is 0.139. The Morgan fingerprint density at radius 3 is 3.17 bits per heavy atom. The van der Waals surface area contributed by atoms with Crippen LogP contribution in [0.4, 0.5) is 0 Å². The highest BCUT2D eigenvalue weighted by molar-refractivity contribution is 7.14. The monoisotopic (exact) mass is 202 g/mol. The standard InChI is InChI=1S/C6H3ClN2O2S/c7-6-9-4(3-12-6)5(10)11-2-1-8/h3H,2H2. The third-order valence-corrected chi connectivity index (χ3v) is 1.93. The van der Waals surface area contributed by atoms with Gasteiger partial charge in [-0.1, -0.05) is 11.6 Å². The number of ether oxygens (including phenoxy) is 1. The SMILES string of the molecule is N#CCOC(=O)c1csc(Cl)n1. The zero-order valence-electron chi connectivity index (χ0n) is 5.78. The van der Waals surface area contributed by atoms with Gasteiger partial charge >= 0.3 is 5.97 Å². The molecule has 1 rings (SSSR count). The number of nitriles is 1. The Kier molecular flexibility index (Phi) is 3.02. The lowest BCUT2D eigenvalue weighted by Gasteiger charge is -1.93. The van der Waals surface area contributed by atoms with Crippen LogP contribution in [0, 0.1) is 11.3 Å². The maximum atomic E-state index is 10.9. The lowest BCUT2D eigenvalue weighted by molar-refractivity contribution is 0.0549. The molecule has 1 aromatic rings. The van der Waals surface area contributed by atoms with Gasteiger partial charge in [-0.05, 0) is 0 Å². The number of hydrogen-bond acceptors (Lipinski definition) is 5. The first kappa shape index (κ1) is 8.97. The van der Waals surface area contributed by atoms with Crippen molar-refractivity contribution in [3.63, 3.8) is 0 Å². The van der Waals surface area contributed by atoms with E-state index in [0.717, 1.165) is 11.3 Å². The third kappa shape index (κ3) is 2.19. The molecule has 6 heteroatoms. The summed E-state index contributed by atoms with van der Waals surface area (Å²) in [5, 5.41) is 9.57. The molecule has 0 radical (unpaired) electrons. The molecule has 0 saturated carbocycles. The number of hydrogen-bond donors (Lipinski definition) is 0. The van der Waals surface area contributed by atoms with Gasteiger partial charge in [-0.15, -0.1) is 11.3 Å². The summed E-state index contributed by atoms with van der Waals surface area (Å²) in [6.07, 6.45) is 0. The maximum Gasteiger partial charge on any atom is 0.358 e. The van der Waals surface area contributed by atoms with Crippen LogP contribution in [0.5, 0.6) is 0 Å². The molecule has 0 aliphatic rings. The average Bonchev–Trinajstić information content (AvgIpc) is 2.47. The van der Waals surface area contributed by atoms with Crippen molar-refractivity contribution >= 4 is 28.9 Å². The molecule has 0 atom stereocenters. The van der Waals surface area contributed by atoms with Crippen molar-refractivity contribution in [1.82, 2.24) is 4.98 Å². The fourth-order valence-electron chi connectivity index (χ4n) is 0.517. The molecule has 0 spiro atoms. The second kappa shape index (κ2) is 4.04. The number of thiazole rings is 1. The van der Waals surface area contributed by atoms with Crippen LogP contribution in [0.25, 0.3) is 0 Å². The quantitative estimate of drug-likeness (QED) is 0.682. The first-order valence-corrected chi connectivity index (χ1v) is 4.15. The van der Waals surface area contributed by atoms with Crippen molar-refractivity contribution in [2.45, 2.75) is 0 Å². The second-order valence-corrected chi connectivity index (χ2v) is 3.16. The van der Waals surface area contributed by atoms with E-state index in [4.69, 9.17) is 16.9 Å². The molecule has 62 valence electrons. The van der Waals surface area contributed by atoms with E-state index in [1.54, 1.807) is 6.07 Å². The highest BCUT2D eigenvalue weighted by Crippen LogP contribution is 2.15. The summed E-state index contributed by atoms with van der Waals surface area (Å²) in [4.78, 5) is 14.6. The molecule has 12 heavy (non-hydrogen) atoms. The Bertz CT molecular complexity index is 331. The summed E-state index contributed by atoms with van der Waals surface area (Å²) in [5.41, 5.74) is 0.139. The van der Waals surface area contributed by atoms with E-state index >= 15 is 0 Å². The summed E-state index contributed by atoms with van der Waals surface area (Å²) < 4.78 is 4.75. The summed E-state index contributed by atoms with van der Waals surface area (Å²) >= 11 is 6.61. The topological polar surface area (TPSA) is 63.0 Å². The van der Waals surface area contributed by atoms with Gasteiger partial charge in [0.05, 0.1) is 0 Å². The minimum atomic E-state index is -0.625. The van der Waals surface area contributed by atoms with Crippen LogP contribution >= 0.6 is 22.9 Å². The molecule has 0 aliphatic carbocycles. The first-order chi connectivity index (χ1) is 5.74. The summed E-state index contributed by atoms with van der Waals surface area (Å²) in [7, 11) is 0. The van der Waals surface area contributed by atoms with Crippen molar-refractivity contribution < 1.29 is 9.53 Å². The van der Waals surface area contributed by atoms with E-state index in [-0.39, 0.29) is 16.8 Å². The highest BCUT2D eigenvalue weighted by atomic mass is 35.5. The Balaban J connectivity index is 2.61. The summed E-state index contributed by atoms with van der Waals surface area (Å²) in [6, 6.07) is 1.67. The van der Waals surface area contributed by atoms with E-state index in [2.05, 4.69) is 9.72 Å². The Morgan fingerprint density at radius 1 is 1.92 bits per heavy atom. The first-order valence-electron chi connectivity index (χ1n) is 2.89. The molecule has 1 aromatic heterocycles. The summed E-state index contributed by atoms with van der Waals surface area (Å²) in [6.45, 7) is -0.270. The predicted octanol–water partition coefficient (Wildman–Crippen LogP) is 1.48. The van der Waals surface area contributed by atoms with Gasteiger partial charge in [-0.3, -0.25) is 0 Å². The van der Waals surface area contributed by atoms with Crippen LogP contribution < -0.4 is 0 Å². The van der Waals surface area contributed by atoms with Gasteiger partial charge in [0.15, 0.2) is 16.8 Å². The van der Waals surface area contributed by atoms with Crippen molar-refractivity contribution in [3.8, 4) is 6.07 Å². The predicted molar refractivity (Wildman–Crippen MR) is 43.0 cm³/mol.